The predicted molar refractivity (Wildman–Crippen MR) is 44.6 cm³/mol. The summed E-state index contributed by atoms with van der Waals surface area (Å²) in [5.41, 5.74) is 0. The number of aromatic nitrogens is 3. The van der Waals surface area contributed by atoms with E-state index >= 15 is 0 Å². The quantitative estimate of drug-likeness (QED) is 0.641. The first-order valence-corrected chi connectivity index (χ1v) is 3.81. The number of nitrogens with zero attached hydrogens (tertiary/aromatic N) is 4. The van der Waals surface area contributed by atoms with Crippen molar-refractivity contribution in [3.63, 3.8) is 0 Å². The normalized spacial score (nSPS) is 10.1. The molecule has 0 spiro atoms. The zero-order chi connectivity index (χ0) is 8.27. The lowest BCUT2D eigenvalue weighted by Gasteiger charge is -2.12. The van der Waals surface area contributed by atoms with Crippen LogP contribution in [0.15, 0.2) is 6.20 Å². The van der Waals surface area contributed by atoms with Crippen LogP contribution in [-0.4, -0.2) is 28.6 Å². The molecule has 0 aliphatic carbocycles. The van der Waals surface area contributed by atoms with Crippen LogP contribution < -0.4 is 4.90 Å². The lowest BCUT2D eigenvalue weighted by molar-refractivity contribution is 0.714. The molecule has 4 nitrogen and oxygen atoms in total. The van der Waals surface area contributed by atoms with Gasteiger partial charge in [0.15, 0.2) is 5.82 Å². The first-order chi connectivity index (χ1) is 5.24. The van der Waals surface area contributed by atoms with E-state index in [0.717, 1.165) is 18.8 Å². The zero-order valence-corrected chi connectivity index (χ0v) is 7.28. The maximum Gasteiger partial charge on any atom is 0.170 e. The highest BCUT2D eigenvalue weighted by atomic mass is 15.4. The van der Waals surface area contributed by atoms with Crippen LogP contribution in [0.2, 0.25) is 0 Å². The molecule has 0 saturated heterocycles. The predicted octanol–water partition coefficient (Wildman–Crippen LogP) is 0.661. The Morgan fingerprint density at radius 3 is 2.82 bits per heavy atom. The molecule has 0 aliphatic rings. The van der Waals surface area contributed by atoms with Crippen LogP contribution in [0, 0.1) is 0 Å². The van der Waals surface area contributed by atoms with Gasteiger partial charge in [-0.1, -0.05) is 12.1 Å². The fourth-order valence-corrected chi connectivity index (χ4v) is 0.960. The largest absolute Gasteiger partial charge is 0.357 e. The molecule has 0 amide bonds. The van der Waals surface area contributed by atoms with E-state index in [1.165, 1.54) is 0 Å². The van der Waals surface area contributed by atoms with Crippen molar-refractivity contribution in [2.45, 2.75) is 13.3 Å². The highest BCUT2D eigenvalue weighted by Gasteiger charge is 2.01. The van der Waals surface area contributed by atoms with Gasteiger partial charge in [-0.3, -0.25) is 4.68 Å². The van der Waals surface area contributed by atoms with Gasteiger partial charge in [-0.15, -0.1) is 5.10 Å². The Hall–Kier alpha value is -1.06. The Balaban J connectivity index is 2.60. The van der Waals surface area contributed by atoms with Gasteiger partial charge in [0.2, 0.25) is 0 Å². The molecule has 1 rings (SSSR count). The molecule has 0 N–H and O–H groups in total. The number of anilines is 1. The molecule has 11 heavy (non-hydrogen) atoms. The third-order valence-electron chi connectivity index (χ3n) is 1.54. The summed E-state index contributed by atoms with van der Waals surface area (Å²) in [6.07, 6.45) is 3.04. The fraction of sp³-hybridized carbons (Fsp3) is 0.714. The lowest BCUT2D eigenvalue weighted by Crippen LogP contribution is -2.17. The van der Waals surface area contributed by atoms with Crippen molar-refractivity contribution in [2.24, 2.45) is 7.05 Å². The van der Waals surface area contributed by atoms with E-state index in [1.807, 2.05) is 20.3 Å². The van der Waals surface area contributed by atoms with Gasteiger partial charge in [-0.05, 0) is 6.42 Å². The Kier molecular flexibility index (Phi) is 2.46. The second kappa shape index (κ2) is 3.37. The van der Waals surface area contributed by atoms with E-state index in [0.29, 0.717) is 0 Å². The maximum absolute atomic E-state index is 3.97. The van der Waals surface area contributed by atoms with Crippen molar-refractivity contribution in [3.05, 3.63) is 6.20 Å². The molecule has 0 radical (unpaired) electrons. The zero-order valence-electron chi connectivity index (χ0n) is 7.28. The summed E-state index contributed by atoms with van der Waals surface area (Å²) in [6.45, 7) is 3.17. The molecule has 0 unspecified atom stereocenters. The molecular weight excluding hydrogens is 140 g/mol. The molecule has 1 aromatic heterocycles. The lowest BCUT2D eigenvalue weighted by atomic mass is 10.4. The summed E-state index contributed by atoms with van der Waals surface area (Å²) >= 11 is 0. The molecule has 4 heteroatoms. The van der Waals surface area contributed by atoms with Crippen LogP contribution in [0.1, 0.15) is 13.3 Å². The molecular formula is C7H14N4. The third kappa shape index (κ3) is 1.93. The van der Waals surface area contributed by atoms with Crippen molar-refractivity contribution in [3.8, 4) is 0 Å². The monoisotopic (exact) mass is 154 g/mol. The van der Waals surface area contributed by atoms with Crippen LogP contribution in [-0.2, 0) is 7.05 Å². The van der Waals surface area contributed by atoms with Crippen LogP contribution in [0.3, 0.4) is 0 Å². The first-order valence-electron chi connectivity index (χ1n) is 3.81. The molecule has 1 aromatic rings. The van der Waals surface area contributed by atoms with Gasteiger partial charge in [0.05, 0.1) is 6.20 Å². The number of hydrogen-bond acceptors (Lipinski definition) is 3. The minimum atomic E-state index is 0.939. The number of rotatable bonds is 3. The second-order valence-electron chi connectivity index (χ2n) is 2.67. The van der Waals surface area contributed by atoms with Crippen molar-refractivity contribution in [1.29, 1.82) is 0 Å². The van der Waals surface area contributed by atoms with Gasteiger partial charge >= 0.3 is 0 Å². The van der Waals surface area contributed by atoms with Gasteiger partial charge in [0, 0.05) is 20.6 Å². The molecule has 0 aliphatic heterocycles. The molecule has 0 atom stereocenters. The summed E-state index contributed by atoms with van der Waals surface area (Å²) in [5.74, 6) is 0.939. The minimum Gasteiger partial charge on any atom is -0.357 e. The van der Waals surface area contributed by atoms with Crippen molar-refractivity contribution in [1.82, 2.24) is 15.0 Å². The molecule has 62 valence electrons. The summed E-state index contributed by atoms with van der Waals surface area (Å²) < 4.78 is 1.71. The van der Waals surface area contributed by atoms with E-state index < -0.39 is 0 Å². The van der Waals surface area contributed by atoms with Crippen molar-refractivity contribution in [2.75, 3.05) is 18.5 Å². The van der Waals surface area contributed by atoms with Crippen LogP contribution in [0.5, 0.6) is 0 Å². The number of aryl methyl sites for hydroxylation is 1. The Morgan fingerprint density at radius 1 is 1.64 bits per heavy atom. The van der Waals surface area contributed by atoms with Crippen LogP contribution in [0.4, 0.5) is 5.82 Å². The van der Waals surface area contributed by atoms with Gasteiger partial charge in [-0.2, -0.15) is 0 Å². The first kappa shape index (κ1) is 8.04. The topological polar surface area (TPSA) is 34.0 Å². The Morgan fingerprint density at radius 2 is 2.36 bits per heavy atom. The average Bonchev–Trinajstić information content (AvgIpc) is 2.36. The van der Waals surface area contributed by atoms with Gasteiger partial charge in [0.1, 0.15) is 0 Å². The maximum atomic E-state index is 3.97. The highest BCUT2D eigenvalue weighted by Crippen LogP contribution is 2.04. The smallest absolute Gasteiger partial charge is 0.170 e. The van der Waals surface area contributed by atoms with Gasteiger partial charge in [-0.25, -0.2) is 0 Å². The summed E-state index contributed by atoms with van der Waals surface area (Å²) in [4.78, 5) is 2.09. The van der Waals surface area contributed by atoms with E-state index in [2.05, 4.69) is 22.1 Å². The van der Waals surface area contributed by atoms with E-state index in [-0.39, 0.29) is 0 Å². The second-order valence-corrected chi connectivity index (χ2v) is 2.67. The third-order valence-corrected chi connectivity index (χ3v) is 1.54. The fourth-order valence-electron chi connectivity index (χ4n) is 0.960. The molecule has 0 fully saturated rings. The Bertz CT molecular complexity index is 218. The van der Waals surface area contributed by atoms with E-state index in [1.54, 1.807) is 4.68 Å². The molecule has 0 saturated carbocycles. The molecule has 1 heterocycles. The van der Waals surface area contributed by atoms with E-state index in [4.69, 9.17) is 0 Å². The molecule has 0 bridgehead atoms. The van der Waals surface area contributed by atoms with Crippen LogP contribution >= 0.6 is 0 Å². The standard InChI is InChI=1S/C7H14N4/c1-4-5-10(2)7-6-11(3)9-8-7/h6H,4-5H2,1-3H3. The van der Waals surface area contributed by atoms with Crippen molar-refractivity contribution < 1.29 is 0 Å². The van der Waals surface area contributed by atoms with Gasteiger partial charge < -0.3 is 4.90 Å². The van der Waals surface area contributed by atoms with Gasteiger partial charge in [0.25, 0.3) is 0 Å². The summed E-state index contributed by atoms with van der Waals surface area (Å²) in [5, 5.41) is 7.82. The van der Waals surface area contributed by atoms with E-state index in [9.17, 15) is 0 Å². The SMILES string of the molecule is CCCN(C)c1cn(C)nn1. The van der Waals surface area contributed by atoms with Crippen molar-refractivity contribution >= 4 is 5.82 Å². The summed E-state index contributed by atoms with van der Waals surface area (Å²) in [6, 6.07) is 0. The number of hydrogen-bond donors (Lipinski definition) is 0. The van der Waals surface area contributed by atoms with Crippen LogP contribution in [0.25, 0.3) is 0 Å². The summed E-state index contributed by atoms with van der Waals surface area (Å²) in [7, 11) is 3.89. The minimum absolute atomic E-state index is 0.939. The average molecular weight is 154 g/mol. The molecule has 0 aromatic carbocycles. The Labute approximate surface area is 66.8 Å². The highest BCUT2D eigenvalue weighted by molar-refractivity contribution is 5.32.